The molecular weight excluding hydrogens is 442 g/mol. The van der Waals surface area contributed by atoms with Crippen molar-refractivity contribution in [2.45, 2.75) is 25.3 Å². The fraction of sp³-hybridized carbons (Fsp3) is 0.286. The van der Waals surface area contributed by atoms with Crippen LogP contribution >= 0.6 is 0 Å². The molecule has 1 saturated heterocycles. The first-order chi connectivity index (χ1) is 17.1. The third kappa shape index (κ3) is 4.80. The number of nitrogens with one attached hydrogen (secondary N) is 1. The SMILES string of the molecule is COc1ccc(CN(NC(=O)OCC2c3ccccc3-c3ccccc32)C(=O)N2CCCC2)cc1. The first-order valence-electron chi connectivity index (χ1n) is 11.9. The lowest BCUT2D eigenvalue weighted by molar-refractivity contribution is 0.0965. The summed E-state index contributed by atoms with van der Waals surface area (Å²) in [6, 6.07) is 23.6. The van der Waals surface area contributed by atoms with Crippen molar-refractivity contribution in [3.05, 3.63) is 89.5 Å². The number of methoxy groups -OCH3 is 1. The Morgan fingerprint density at radius 3 is 2.11 bits per heavy atom. The number of hydrogen-bond donors (Lipinski definition) is 1. The van der Waals surface area contributed by atoms with Gasteiger partial charge in [-0.2, -0.15) is 0 Å². The number of ether oxygens (including phenoxy) is 2. The zero-order valence-electron chi connectivity index (χ0n) is 19.8. The normalized spacial score (nSPS) is 14.3. The Morgan fingerprint density at radius 2 is 1.51 bits per heavy atom. The van der Waals surface area contributed by atoms with Crippen molar-refractivity contribution in [2.75, 3.05) is 26.8 Å². The number of carbonyl (C=O) groups is 2. The lowest BCUT2D eigenvalue weighted by atomic mass is 9.98. The molecule has 2 aliphatic rings. The van der Waals surface area contributed by atoms with Crippen molar-refractivity contribution in [3.63, 3.8) is 0 Å². The molecule has 3 amide bonds. The summed E-state index contributed by atoms with van der Waals surface area (Å²) in [7, 11) is 1.61. The van der Waals surface area contributed by atoms with E-state index in [9.17, 15) is 9.59 Å². The minimum atomic E-state index is -0.645. The van der Waals surface area contributed by atoms with Gasteiger partial charge in [0.2, 0.25) is 0 Å². The fourth-order valence-corrected chi connectivity index (χ4v) is 4.89. The zero-order valence-corrected chi connectivity index (χ0v) is 19.8. The molecule has 0 spiro atoms. The number of hydrazine groups is 1. The molecule has 3 aromatic carbocycles. The van der Waals surface area contributed by atoms with Gasteiger partial charge in [-0.15, -0.1) is 0 Å². The molecule has 7 heteroatoms. The van der Waals surface area contributed by atoms with Crippen LogP contribution in [0.3, 0.4) is 0 Å². The van der Waals surface area contributed by atoms with Crippen LogP contribution in [0.1, 0.15) is 35.4 Å². The molecule has 1 N–H and O–H groups in total. The van der Waals surface area contributed by atoms with Gasteiger partial charge in [0.15, 0.2) is 0 Å². The van der Waals surface area contributed by atoms with Gasteiger partial charge in [-0.25, -0.2) is 20.0 Å². The summed E-state index contributed by atoms with van der Waals surface area (Å²) in [5.74, 6) is 0.688. The standard InChI is InChI=1S/C28H29N3O4/c1-34-21-14-12-20(13-15-21)18-31(28(33)30-16-6-7-17-30)29-27(32)35-19-26-24-10-4-2-8-22(24)23-9-3-5-11-25(23)26/h2-5,8-15,26H,6-7,16-19H2,1H3,(H,29,32). The van der Waals surface area contributed by atoms with E-state index >= 15 is 0 Å². The van der Waals surface area contributed by atoms with Crippen LogP contribution in [0, 0.1) is 0 Å². The molecule has 180 valence electrons. The topological polar surface area (TPSA) is 71.1 Å². The second-order valence-corrected chi connectivity index (χ2v) is 8.85. The summed E-state index contributed by atoms with van der Waals surface area (Å²) in [6.45, 7) is 1.78. The van der Waals surface area contributed by atoms with Gasteiger partial charge in [-0.05, 0) is 52.8 Å². The molecule has 1 heterocycles. The minimum Gasteiger partial charge on any atom is -0.497 e. The first-order valence-corrected chi connectivity index (χ1v) is 11.9. The smallest absolute Gasteiger partial charge is 0.426 e. The van der Waals surface area contributed by atoms with Crippen LogP contribution in [0.5, 0.6) is 5.75 Å². The van der Waals surface area contributed by atoms with Gasteiger partial charge in [0.1, 0.15) is 12.4 Å². The Hall–Kier alpha value is -4.00. The van der Waals surface area contributed by atoms with E-state index in [2.05, 4.69) is 29.7 Å². The molecule has 1 aliphatic heterocycles. The van der Waals surface area contributed by atoms with Crippen LogP contribution in [0.2, 0.25) is 0 Å². The summed E-state index contributed by atoms with van der Waals surface area (Å²) < 4.78 is 10.9. The molecule has 0 aromatic heterocycles. The lowest BCUT2D eigenvalue weighted by Gasteiger charge is -2.28. The fourth-order valence-electron chi connectivity index (χ4n) is 4.89. The highest BCUT2D eigenvalue weighted by molar-refractivity contribution is 5.80. The van der Waals surface area contributed by atoms with E-state index in [-0.39, 0.29) is 25.1 Å². The Morgan fingerprint density at radius 1 is 0.914 bits per heavy atom. The number of likely N-dealkylation sites (tertiary alicyclic amines) is 1. The van der Waals surface area contributed by atoms with Gasteiger partial charge in [0.05, 0.1) is 13.7 Å². The number of rotatable bonds is 5. The molecular formula is C28H29N3O4. The molecule has 0 bridgehead atoms. The first kappa shape index (κ1) is 22.8. The van der Waals surface area contributed by atoms with Crippen LogP contribution in [-0.4, -0.2) is 48.8 Å². The summed E-state index contributed by atoms with van der Waals surface area (Å²) in [5, 5.41) is 1.34. The minimum absolute atomic E-state index is 0.0440. The third-order valence-corrected chi connectivity index (χ3v) is 6.68. The molecule has 0 unspecified atom stereocenters. The van der Waals surface area contributed by atoms with Gasteiger partial charge in [-0.3, -0.25) is 0 Å². The molecule has 0 saturated carbocycles. The number of fused-ring (bicyclic) bond motifs is 3. The second-order valence-electron chi connectivity index (χ2n) is 8.85. The van der Waals surface area contributed by atoms with Crippen molar-refractivity contribution < 1.29 is 19.1 Å². The average molecular weight is 472 g/mol. The summed E-state index contributed by atoms with van der Waals surface area (Å²) in [5.41, 5.74) is 8.19. The van der Waals surface area contributed by atoms with Gasteiger partial charge >= 0.3 is 12.1 Å². The highest BCUT2D eigenvalue weighted by Crippen LogP contribution is 2.44. The van der Waals surface area contributed by atoms with Crippen molar-refractivity contribution in [3.8, 4) is 16.9 Å². The van der Waals surface area contributed by atoms with Crippen molar-refractivity contribution in [1.82, 2.24) is 15.3 Å². The summed E-state index contributed by atoms with van der Waals surface area (Å²) in [6.07, 6.45) is 1.29. The van der Waals surface area contributed by atoms with Crippen LogP contribution in [0.25, 0.3) is 11.1 Å². The van der Waals surface area contributed by atoms with E-state index in [1.165, 1.54) is 16.1 Å². The van der Waals surface area contributed by atoms with Crippen LogP contribution < -0.4 is 10.2 Å². The third-order valence-electron chi connectivity index (χ3n) is 6.68. The second kappa shape index (κ2) is 10.1. The monoisotopic (exact) mass is 471 g/mol. The maximum Gasteiger partial charge on any atom is 0.426 e. The van der Waals surface area contributed by atoms with E-state index in [4.69, 9.17) is 9.47 Å². The van der Waals surface area contributed by atoms with Gasteiger partial charge in [0.25, 0.3) is 0 Å². The predicted octanol–water partition coefficient (Wildman–Crippen LogP) is 5.17. The highest BCUT2D eigenvalue weighted by Gasteiger charge is 2.30. The molecule has 1 aliphatic carbocycles. The number of carbonyl (C=O) groups excluding carboxylic acids is 2. The maximum atomic E-state index is 13.2. The quantitative estimate of drug-likeness (QED) is 0.522. The van der Waals surface area contributed by atoms with Crippen LogP contribution in [0.4, 0.5) is 9.59 Å². The van der Waals surface area contributed by atoms with Crippen molar-refractivity contribution in [1.29, 1.82) is 0 Å². The average Bonchev–Trinajstić information content (AvgIpc) is 3.54. The maximum absolute atomic E-state index is 13.2. The van der Waals surface area contributed by atoms with Crippen LogP contribution in [-0.2, 0) is 11.3 Å². The largest absolute Gasteiger partial charge is 0.497 e. The summed E-state index contributed by atoms with van der Waals surface area (Å²) >= 11 is 0. The van der Waals surface area contributed by atoms with E-state index in [0.29, 0.717) is 13.1 Å². The molecule has 3 aromatic rings. The van der Waals surface area contributed by atoms with E-state index in [0.717, 1.165) is 35.3 Å². The molecule has 0 atom stereocenters. The Kier molecular flexibility index (Phi) is 6.57. The number of amides is 3. The van der Waals surface area contributed by atoms with E-state index < -0.39 is 6.09 Å². The number of urea groups is 1. The van der Waals surface area contributed by atoms with Gasteiger partial charge in [0, 0.05) is 19.0 Å². The Bertz CT molecular complexity index is 1160. The zero-order chi connectivity index (χ0) is 24.2. The van der Waals surface area contributed by atoms with Gasteiger partial charge < -0.3 is 14.4 Å². The predicted molar refractivity (Wildman–Crippen MR) is 133 cm³/mol. The number of hydrogen-bond acceptors (Lipinski definition) is 4. The highest BCUT2D eigenvalue weighted by atomic mass is 16.6. The van der Waals surface area contributed by atoms with Crippen molar-refractivity contribution in [2.24, 2.45) is 0 Å². The number of benzene rings is 3. The lowest BCUT2D eigenvalue weighted by Crippen LogP contribution is -2.51. The van der Waals surface area contributed by atoms with E-state index in [1.807, 2.05) is 48.5 Å². The van der Waals surface area contributed by atoms with Crippen LogP contribution in [0.15, 0.2) is 72.8 Å². The molecule has 0 radical (unpaired) electrons. The molecule has 7 nitrogen and oxygen atoms in total. The molecule has 5 rings (SSSR count). The molecule has 1 fully saturated rings. The van der Waals surface area contributed by atoms with Crippen molar-refractivity contribution >= 4 is 12.1 Å². The van der Waals surface area contributed by atoms with E-state index in [1.54, 1.807) is 12.0 Å². The number of nitrogens with zero attached hydrogens (tertiary/aromatic N) is 2. The van der Waals surface area contributed by atoms with Gasteiger partial charge in [-0.1, -0.05) is 60.7 Å². The summed E-state index contributed by atoms with van der Waals surface area (Å²) in [4.78, 5) is 27.8. The Labute approximate surface area is 205 Å². The Balaban J connectivity index is 1.28. The molecule has 35 heavy (non-hydrogen) atoms.